The number of anilines is 2. The summed E-state index contributed by atoms with van der Waals surface area (Å²) >= 11 is 1.16. The number of fused-ring (bicyclic) bond motifs is 2. The lowest BCUT2D eigenvalue weighted by atomic mass is 10.1. The number of rotatable bonds is 7. The van der Waals surface area contributed by atoms with Crippen LogP contribution in [0.25, 0.3) is 21.3 Å². The van der Waals surface area contributed by atoms with E-state index in [0.29, 0.717) is 32.4 Å². The molecule has 2 aromatic heterocycles. The van der Waals surface area contributed by atoms with Gasteiger partial charge in [-0.2, -0.15) is 0 Å². The Morgan fingerprint density at radius 2 is 1.85 bits per heavy atom. The standard InChI is InChI=1S/C22H20F3N5O3S/c1-29(2)19(32)9-8-17(31)12-4-7-16-15(10-12)26-20(30(16)3)28-21-27-14-6-5-13(11-18(14)34-21)33-22(23,24)25/h4-7,10-11H,8-9H2,1-3H3,(H,26,27,28). The van der Waals surface area contributed by atoms with Crippen molar-refractivity contribution in [1.29, 1.82) is 0 Å². The van der Waals surface area contributed by atoms with Gasteiger partial charge in [-0.05, 0) is 30.3 Å². The molecule has 4 rings (SSSR count). The highest BCUT2D eigenvalue weighted by molar-refractivity contribution is 7.22. The Morgan fingerprint density at radius 3 is 2.56 bits per heavy atom. The zero-order chi connectivity index (χ0) is 24.6. The van der Waals surface area contributed by atoms with Gasteiger partial charge in [0.05, 0.1) is 21.3 Å². The summed E-state index contributed by atoms with van der Waals surface area (Å²) in [5.74, 6) is -0.136. The number of halogens is 3. The molecule has 2 aromatic carbocycles. The van der Waals surface area contributed by atoms with Crippen molar-refractivity contribution in [3.8, 4) is 5.75 Å². The number of hydrogen-bond acceptors (Lipinski definition) is 7. The summed E-state index contributed by atoms with van der Waals surface area (Å²) in [7, 11) is 5.07. The summed E-state index contributed by atoms with van der Waals surface area (Å²) in [5.41, 5.74) is 2.32. The maximum absolute atomic E-state index is 12.5. The zero-order valence-corrected chi connectivity index (χ0v) is 19.3. The van der Waals surface area contributed by atoms with E-state index < -0.39 is 6.36 Å². The number of carbonyl (C=O) groups is 2. The molecule has 0 bridgehead atoms. The number of nitrogens with zero attached hydrogens (tertiary/aromatic N) is 4. The largest absolute Gasteiger partial charge is 0.573 e. The fourth-order valence-electron chi connectivity index (χ4n) is 3.32. The van der Waals surface area contributed by atoms with Crippen LogP contribution in [0.3, 0.4) is 0 Å². The molecule has 2 heterocycles. The van der Waals surface area contributed by atoms with Gasteiger partial charge in [0.2, 0.25) is 11.9 Å². The Bertz CT molecular complexity index is 1390. The summed E-state index contributed by atoms with van der Waals surface area (Å²) in [4.78, 5) is 34.6. The van der Waals surface area contributed by atoms with Crippen molar-refractivity contribution in [3.63, 3.8) is 0 Å². The maximum atomic E-state index is 12.5. The number of carbonyl (C=O) groups excluding carboxylic acids is 2. The quantitative estimate of drug-likeness (QED) is 0.371. The van der Waals surface area contributed by atoms with E-state index in [0.717, 1.165) is 16.9 Å². The predicted octanol–water partition coefficient (Wildman–Crippen LogP) is 4.88. The summed E-state index contributed by atoms with van der Waals surface area (Å²) in [6.07, 6.45) is -4.53. The number of benzene rings is 2. The van der Waals surface area contributed by atoms with Gasteiger partial charge in [0, 0.05) is 45.6 Å². The van der Waals surface area contributed by atoms with E-state index in [1.165, 1.54) is 23.1 Å². The molecule has 1 N–H and O–H groups in total. The highest BCUT2D eigenvalue weighted by Gasteiger charge is 2.31. The Hall–Kier alpha value is -3.67. The van der Waals surface area contributed by atoms with E-state index in [-0.39, 0.29) is 30.3 Å². The molecule has 0 saturated carbocycles. The van der Waals surface area contributed by atoms with Gasteiger partial charge < -0.3 is 19.5 Å². The molecule has 0 saturated heterocycles. The normalized spacial score (nSPS) is 11.7. The van der Waals surface area contributed by atoms with Crippen molar-refractivity contribution < 1.29 is 27.5 Å². The number of hydrogen-bond donors (Lipinski definition) is 1. The van der Waals surface area contributed by atoms with Crippen LogP contribution < -0.4 is 10.1 Å². The average molecular weight is 491 g/mol. The molecule has 0 radical (unpaired) electrons. The van der Waals surface area contributed by atoms with Crippen LogP contribution >= 0.6 is 11.3 Å². The molecule has 34 heavy (non-hydrogen) atoms. The number of thiazole rings is 1. The van der Waals surface area contributed by atoms with Crippen molar-refractivity contribution in [2.45, 2.75) is 19.2 Å². The third-order valence-corrected chi connectivity index (χ3v) is 6.01. The van der Waals surface area contributed by atoms with Crippen LogP contribution in [0.5, 0.6) is 5.75 Å². The molecule has 0 spiro atoms. The van der Waals surface area contributed by atoms with Crippen LogP contribution in [0.2, 0.25) is 0 Å². The Morgan fingerprint density at radius 1 is 1.09 bits per heavy atom. The highest BCUT2D eigenvalue weighted by atomic mass is 32.1. The van der Waals surface area contributed by atoms with E-state index in [1.807, 2.05) is 0 Å². The van der Waals surface area contributed by atoms with E-state index in [4.69, 9.17) is 0 Å². The van der Waals surface area contributed by atoms with Gasteiger partial charge in [-0.1, -0.05) is 11.3 Å². The second kappa shape index (κ2) is 8.93. The van der Waals surface area contributed by atoms with E-state index in [9.17, 15) is 22.8 Å². The number of amides is 1. The smallest absolute Gasteiger partial charge is 0.406 e. The lowest BCUT2D eigenvalue weighted by Gasteiger charge is -2.09. The van der Waals surface area contributed by atoms with Crippen molar-refractivity contribution >= 4 is 55.4 Å². The first-order valence-electron chi connectivity index (χ1n) is 10.1. The molecular formula is C22H20F3N5O3S. The fourth-order valence-corrected chi connectivity index (χ4v) is 4.21. The van der Waals surface area contributed by atoms with Gasteiger partial charge in [0.1, 0.15) is 5.75 Å². The van der Waals surface area contributed by atoms with Crippen LogP contribution in [0.1, 0.15) is 23.2 Å². The highest BCUT2D eigenvalue weighted by Crippen LogP contribution is 2.33. The lowest BCUT2D eigenvalue weighted by molar-refractivity contribution is -0.274. The van der Waals surface area contributed by atoms with E-state index in [1.54, 1.807) is 43.9 Å². The summed E-state index contributed by atoms with van der Waals surface area (Å²) in [6, 6.07) is 9.07. The van der Waals surface area contributed by atoms with Crippen molar-refractivity contribution in [2.75, 3.05) is 19.4 Å². The summed E-state index contributed by atoms with van der Waals surface area (Å²) in [5, 5.41) is 3.52. The predicted molar refractivity (Wildman–Crippen MR) is 123 cm³/mol. The topological polar surface area (TPSA) is 89.3 Å². The number of ketones is 1. The third kappa shape index (κ3) is 5.11. The van der Waals surface area contributed by atoms with Gasteiger partial charge in [0.25, 0.3) is 0 Å². The Kier molecular flexibility index (Phi) is 6.17. The Balaban J connectivity index is 1.54. The molecule has 4 aromatic rings. The molecule has 0 aliphatic heterocycles. The second-order valence-electron chi connectivity index (χ2n) is 7.73. The zero-order valence-electron chi connectivity index (χ0n) is 18.4. The monoisotopic (exact) mass is 491 g/mol. The molecule has 12 heteroatoms. The van der Waals surface area contributed by atoms with Gasteiger partial charge in [0.15, 0.2) is 10.9 Å². The van der Waals surface area contributed by atoms with Crippen LogP contribution in [-0.2, 0) is 11.8 Å². The van der Waals surface area contributed by atoms with E-state index in [2.05, 4.69) is 20.0 Å². The third-order valence-electron chi connectivity index (χ3n) is 5.08. The van der Waals surface area contributed by atoms with Gasteiger partial charge in [-0.3, -0.25) is 9.59 Å². The van der Waals surface area contributed by atoms with Crippen molar-refractivity contribution in [3.05, 3.63) is 42.0 Å². The molecule has 8 nitrogen and oxygen atoms in total. The lowest BCUT2D eigenvalue weighted by Crippen LogP contribution is -2.22. The van der Waals surface area contributed by atoms with Gasteiger partial charge in [-0.15, -0.1) is 13.2 Å². The molecular weight excluding hydrogens is 471 g/mol. The van der Waals surface area contributed by atoms with Crippen LogP contribution in [-0.4, -0.2) is 51.6 Å². The summed E-state index contributed by atoms with van der Waals surface area (Å²) in [6.45, 7) is 0. The van der Waals surface area contributed by atoms with E-state index >= 15 is 0 Å². The molecule has 0 aliphatic rings. The minimum absolute atomic E-state index is 0.103. The number of ether oxygens (including phenoxy) is 1. The minimum Gasteiger partial charge on any atom is -0.406 e. The number of aromatic nitrogens is 3. The fraction of sp³-hybridized carbons (Fsp3) is 0.273. The molecule has 0 fully saturated rings. The molecule has 0 atom stereocenters. The van der Waals surface area contributed by atoms with Crippen LogP contribution in [0.15, 0.2) is 36.4 Å². The van der Waals surface area contributed by atoms with Crippen LogP contribution in [0.4, 0.5) is 24.3 Å². The molecule has 1 amide bonds. The van der Waals surface area contributed by atoms with Gasteiger partial charge >= 0.3 is 6.36 Å². The van der Waals surface area contributed by atoms with Gasteiger partial charge in [-0.25, -0.2) is 9.97 Å². The molecule has 0 aliphatic carbocycles. The SMILES string of the molecule is CN(C)C(=O)CCC(=O)c1ccc2c(c1)nc(Nc1nc3ccc(OC(F)(F)F)cc3s1)n2C. The number of alkyl halides is 3. The minimum atomic E-state index is -4.77. The average Bonchev–Trinajstić information content (AvgIpc) is 3.30. The van der Waals surface area contributed by atoms with Crippen molar-refractivity contribution in [1.82, 2.24) is 19.4 Å². The molecule has 178 valence electrons. The Labute approximate surface area is 196 Å². The number of nitrogens with one attached hydrogen (secondary N) is 1. The first kappa shape index (κ1) is 23.5. The first-order chi connectivity index (χ1) is 16.0. The second-order valence-corrected chi connectivity index (χ2v) is 8.76. The maximum Gasteiger partial charge on any atom is 0.573 e. The molecule has 0 unspecified atom stereocenters. The number of Topliss-reactive ketones (excluding diaryl/α,β-unsaturated/α-hetero) is 1. The number of imidazole rings is 1. The first-order valence-corrected chi connectivity index (χ1v) is 10.9. The van der Waals surface area contributed by atoms with Crippen molar-refractivity contribution in [2.24, 2.45) is 7.05 Å². The number of aryl methyl sites for hydroxylation is 1. The van der Waals surface area contributed by atoms with Crippen LogP contribution in [0, 0.1) is 0 Å². The summed E-state index contributed by atoms with van der Waals surface area (Å²) < 4.78 is 43.7.